The Morgan fingerprint density at radius 3 is 2.39 bits per heavy atom. The average Bonchev–Trinajstić information content (AvgIpc) is 2.80. The number of hydrogen-bond acceptors (Lipinski definition) is 1. The molecule has 100 valence electrons. The third-order valence-corrected chi connectivity index (χ3v) is 5.01. The van der Waals surface area contributed by atoms with Crippen molar-refractivity contribution in [3.8, 4) is 0 Å². The molecule has 0 unspecified atom stereocenters. The van der Waals surface area contributed by atoms with E-state index in [4.69, 9.17) is 28.9 Å². The molecule has 0 aromatic heterocycles. The van der Waals surface area contributed by atoms with E-state index in [9.17, 15) is 0 Å². The van der Waals surface area contributed by atoms with Crippen molar-refractivity contribution < 1.29 is 0 Å². The SMILES string of the molecule is NCCC1(CCc2ccc(Cl)c(Cl)c2)CCCC1. The molecule has 1 aromatic rings. The lowest BCUT2D eigenvalue weighted by Gasteiger charge is -2.28. The summed E-state index contributed by atoms with van der Waals surface area (Å²) in [5.41, 5.74) is 7.54. The molecule has 0 heterocycles. The van der Waals surface area contributed by atoms with Crippen molar-refractivity contribution in [1.29, 1.82) is 0 Å². The molecule has 3 heteroatoms. The minimum Gasteiger partial charge on any atom is -0.330 e. The Bertz CT molecular complexity index is 397. The molecule has 0 atom stereocenters. The monoisotopic (exact) mass is 285 g/mol. The Morgan fingerprint density at radius 2 is 1.78 bits per heavy atom. The van der Waals surface area contributed by atoms with Gasteiger partial charge in [-0.2, -0.15) is 0 Å². The van der Waals surface area contributed by atoms with E-state index in [-0.39, 0.29) is 0 Å². The lowest BCUT2D eigenvalue weighted by atomic mass is 9.78. The van der Waals surface area contributed by atoms with Crippen LogP contribution >= 0.6 is 23.2 Å². The van der Waals surface area contributed by atoms with E-state index in [0.717, 1.165) is 19.4 Å². The summed E-state index contributed by atoms with van der Waals surface area (Å²) in [4.78, 5) is 0. The second-order valence-corrected chi connectivity index (χ2v) is 6.31. The van der Waals surface area contributed by atoms with E-state index in [2.05, 4.69) is 6.07 Å². The van der Waals surface area contributed by atoms with Crippen LogP contribution in [0.2, 0.25) is 10.0 Å². The van der Waals surface area contributed by atoms with Gasteiger partial charge in [-0.1, -0.05) is 42.1 Å². The average molecular weight is 286 g/mol. The minimum absolute atomic E-state index is 0.487. The zero-order chi connectivity index (χ0) is 13.0. The third kappa shape index (κ3) is 3.40. The van der Waals surface area contributed by atoms with Gasteiger partial charge in [-0.05, 0) is 61.8 Å². The van der Waals surface area contributed by atoms with Crippen molar-refractivity contribution in [1.82, 2.24) is 0 Å². The molecule has 0 aliphatic heterocycles. The third-order valence-electron chi connectivity index (χ3n) is 4.27. The number of nitrogens with two attached hydrogens (primary N) is 1. The summed E-state index contributed by atoms with van der Waals surface area (Å²) >= 11 is 12.0. The number of benzene rings is 1. The van der Waals surface area contributed by atoms with Crippen LogP contribution in [0.15, 0.2) is 18.2 Å². The summed E-state index contributed by atoms with van der Waals surface area (Å²) in [5.74, 6) is 0. The molecular weight excluding hydrogens is 265 g/mol. The fourth-order valence-electron chi connectivity index (χ4n) is 3.16. The highest BCUT2D eigenvalue weighted by molar-refractivity contribution is 6.42. The lowest BCUT2D eigenvalue weighted by Crippen LogP contribution is -2.21. The predicted octanol–water partition coefficient (Wildman–Crippen LogP) is 4.84. The van der Waals surface area contributed by atoms with E-state index in [1.807, 2.05) is 12.1 Å². The minimum atomic E-state index is 0.487. The van der Waals surface area contributed by atoms with Gasteiger partial charge in [0.25, 0.3) is 0 Å². The van der Waals surface area contributed by atoms with Crippen LogP contribution in [0.4, 0.5) is 0 Å². The van der Waals surface area contributed by atoms with Gasteiger partial charge in [-0.3, -0.25) is 0 Å². The van der Waals surface area contributed by atoms with Gasteiger partial charge in [-0.15, -0.1) is 0 Å². The fraction of sp³-hybridized carbons (Fsp3) is 0.600. The highest BCUT2D eigenvalue weighted by Gasteiger charge is 2.32. The molecule has 1 nitrogen and oxygen atoms in total. The standard InChI is InChI=1S/C15H21Cl2N/c16-13-4-3-12(11-14(13)17)5-8-15(9-10-18)6-1-2-7-15/h3-4,11H,1-2,5-10,18H2. The Kier molecular flexibility index (Phi) is 4.94. The summed E-state index contributed by atoms with van der Waals surface area (Å²) in [6.45, 7) is 0.807. The molecule has 1 aromatic carbocycles. The van der Waals surface area contributed by atoms with E-state index >= 15 is 0 Å². The van der Waals surface area contributed by atoms with Crippen LogP contribution in [0, 0.1) is 5.41 Å². The van der Waals surface area contributed by atoms with Gasteiger partial charge in [0, 0.05) is 0 Å². The molecule has 0 spiro atoms. The molecule has 18 heavy (non-hydrogen) atoms. The molecule has 1 aliphatic carbocycles. The first kappa shape index (κ1) is 14.2. The van der Waals surface area contributed by atoms with Crippen LogP contribution in [-0.2, 0) is 6.42 Å². The zero-order valence-corrected chi connectivity index (χ0v) is 12.2. The maximum atomic E-state index is 6.05. The summed E-state index contributed by atoms with van der Waals surface area (Å²) in [6.07, 6.45) is 8.87. The first-order valence-electron chi connectivity index (χ1n) is 6.79. The molecule has 2 rings (SSSR count). The smallest absolute Gasteiger partial charge is 0.0595 e. The molecule has 2 N–H and O–H groups in total. The highest BCUT2D eigenvalue weighted by atomic mass is 35.5. The first-order chi connectivity index (χ1) is 8.65. The first-order valence-corrected chi connectivity index (χ1v) is 7.55. The second kappa shape index (κ2) is 6.27. The molecule has 1 aliphatic rings. The van der Waals surface area contributed by atoms with Crippen LogP contribution < -0.4 is 5.73 Å². The van der Waals surface area contributed by atoms with Gasteiger partial charge in [-0.25, -0.2) is 0 Å². The van der Waals surface area contributed by atoms with Crippen molar-refractivity contribution in [2.24, 2.45) is 11.1 Å². The van der Waals surface area contributed by atoms with Gasteiger partial charge in [0.05, 0.1) is 10.0 Å². The molecule has 1 fully saturated rings. The highest BCUT2D eigenvalue weighted by Crippen LogP contribution is 2.44. The maximum Gasteiger partial charge on any atom is 0.0595 e. The Balaban J connectivity index is 1.98. The quantitative estimate of drug-likeness (QED) is 0.823. The molecular formula is C15H21Cl2N. The second-order valence-electron chi connectivity index (χ2n) is 5.49. The van der Waals surface area contributed by atoms with Crippen molar-refractivity contribution in [3.63, 3.8) is 0 Å². The largest absolute Gasteiger partial charge is 0.330 e. The topological polar surface area (TPSA) is 26.0 Å². The van der Waals surface area contributed by atoms with Crippen LogP contribution in [0.5, 0.6) is 0 Å². The van der Waals surface area contributed by atoms with Crippen LogP contribution in [0.3, 0.4) is 0 Å². The molecule has 0 saturated heterocycles. The van der Waals surface area contributed by atoms with Crippen molar-refractivity contribution >= 4 is 23.2 Å². The van der Waals surface area contributed by atoms with Gasteiger partial charge < -0.3 is 5.73 Å². The maximum absolute atomic E-state index is 6.05. The summed E-state index contributed by atoms with van der Waals surface area (Å²) in [7, 11) is 0. The number of aryl methyl sites for hydroxylation is 1. The molecule has 0 bridgehead atoms. The van der Waals surface area contributed by atoms with E-state index in [1.54, 1.807) is 0 Å². The number of hydrogen-bond donors (Lipinski definition) is 1. The Hall–Kier alpha value is -0.240. The van der Waals surface area contributed by atoms with Gasteiger partial charge >= 0.3 is 0 Å². The normalized spacial score (nSPS) is 18.2. The van der Waals surface area contributed by atoms with E-state index < -0.39 is 0 Å². The van der Waals surface area contributed by atoms with E-state index in [1.165, 1.54) is 37.7 Å². The van der Waals surface area contributed by atoms with Crippen LogP contribution in [0.25, 0.3) is 0 Å². The molecule has 0 amide bonds. The zero-order valence-electron chi connectivity index (χ0n) is 10.7. The fourth-order valence-corrected chi connectivity index (χ4v) is 3.48. The van der Waals surface area contributed by atoms with Gasteiger partial charge in [0.1, 0.15) is 0 Å². The van der Waals surface area contributed by atoms with E-state index in [0.29, 0.717) is 15.5 Å². The summed E-state index contributed by atoms with van der Waals surface area (Å²) < 4.78 is 0. The number of halogens is 2. The summed E-state index contributed by atoms with van der Waals surface area (Å²) in [5, 5.41) is 1.30. The number of rotatable bonds is 5. The van der Waals surface area contributed by atoms with Crippen molar-refractivity contribution in [2.75, 3.05) is 6.54 Å². The van der Waals surface area contributed by atoms with Gasteiger partial charge in [0.2, 0.25) is 0 Å². The molecule has 1 saturated carbocycles. The lowest BCUT2D eigenvalue weighted by molar-refractivity contribution is 0.253. The summed E-state index contributed by atoms with van der Waals surface area (Å²) in [6, 6.07) is 5.97. The van der Waals surface area contributed by atoms with Crippen LogP contribution in [0.1, 0.15) is 44.1 Å². The Morgan fingerprint density at radius 1 is 1.06 bits per heavy atom. The van der Waals surface area contributed by atoms with Crippen molar-refractivity contribution in [3.05, 3.63) is 33.8 Å². The Labute approximate surface area is 120 Å². The molecule has 0 radical (unpaired) electrons. The predicted molar refractivity (Wildman–Crippen MR) is 79.4 cm³/mol. The van der Waals surface area contributed by atoms with Crippen LogP contribution in [-0.4, -0.2) is 6.54 Å². The van der Waals surface area contributed by atoms with Crippen molar-refractivity contribution in [2.45, 2.75) is 44.9 Å². The van der Waals surface area contributed by atoms with Gasteiger partial charge in [0.15, 0.2) is 0 Å².